The predicted molar refractivity (Wildman–Crippen MR) is 78.1 cm³/mol. The van der Waals surface area contributed by atoms with Crippen LogP contribution in [0.15, 0.2) is 24.5 Å². The highest BCUT2D eigenvalue weighted by Crippen LogP contribution is 2.26. The van der Waals surface area contributed by atoms with Crippen LogP contribution in [0.1, 0.15) is 64.5 Å². The van der Waals surface area contributed by atoms with E-state index in [1.165, 1.54) is 30.3 Å². The molecule has 1 aromatic heterocycles. The summed E-state index contributed by atoms with van der Waals surface area (Å²) in [6.07, 6.45) is 5.64. The van der Waals surface area contributed by atoms with E-state index < -0.39 is 0 Å². The molecule has 1 atom stereocenters. The van der Waals surface area contributed by atoms with Crippen LogP contribution in [0.2, 0.25) is 0 Å². The summed E-state index contributed by atoms with van der Waals surface area (Å²) in [4.78, 5) is 4.58. The van der Waals surface area contributed by atoms with E-state index in [-0.39, 0.29) is 0 Å². The largest absolute Gasteiger partial charge is 0.327 e. The van der Waals surface area contributed by atoms with Gasteiger partial charge in [0.25, 0.3) is 0 Å². The summed E-state index contributed by atoms with van der Waals surface area (Å²) in [6.45, 7) is 8.96. The number of rotatable bonds is 5. The van der Waals surface area contributed by atoms with Gasteiger partial charge in [-0.2, -0.15) is 0 Å². The molecule has 0 aliphatic carbocycles. The molecule has 1 heterocycles. The molecule has 18 heavy (non-hydrogen) atoms. The van der Waals surface area contributed by atoms with Crippen molar-refractivity contribution in [2.24, 2.45) is 0 Å². The summed E-state index contributed by atoms with van der Waals surface area (Å²) in [5.74, 6) is 0.567. The molecule has 2 nitrogen and oxygen atoms in total. The Morgan fingerprint density at radius 2 is 2.00 bits per heavy atom. The zero-order chi connectivity index (χ0) is 13.1. The van der Waals surface area contributed by atoms with Gasteiger partial charge in [0, 0.05) is 6.04 Å². The molecule has 2 rings (SSSR count). The number of benzene rings is 1. The van der Waals surface area contributed by atoms with Crippen molar-refractivity contribution in [3.8, 4) is 0 Å². The summed E-state index contributed by atoms with van der Waals surface area (Å²) >= 11 is 0. The molecular formula is C16H24N2. The lowest BCUT2D eigenvalue weighted by molar-refractivity contribution is 0.458. The highest BCUT2D eigenvalue weighted by atomic mass is 15.1. The maximum atomic E-state index is 4.58. The fourth-order valence-electron chi connectivity index (χ4n) is 2.57. The van der Waals surface area contributed by atoms with Gasteiger partial charge in [-0.25, -0.2) is 4.98 Å². The lowest BCUT2D eigenvalue weighted by Crippen LogP contribution is -2.06. The minimum atomic E-state index is 0.567. The van der Waals surface area contributed by atoms with Crippen molar-refractivity contribution in [2.75, 3.05) is 0 Å². The first-order valence-electron chi connectivity index (χ1n) is 7.13. The number of imidazole rings is 1. The highest BCUT2D eigenvalue weighted by molar-refractivity contribution is 5.76. The Morgan fingerprint density at radius 3 is 2.61 bits per heavy atom. The summed E-state index contributed by atoms with van der Waals surface area (Å²) in [5, 5.41) is 0. The van der Waals surface area contributed by atoms with E-state index in [1.807, 2.05) is 6.33 Å². The third-order valence-electron chi connectivity index (χ3n) is 3.75. The predicted octanol–water partition coefficient (Wildman–Crippen LogP) is 4.91. The minimum absolute atomic E-state index is 0.567. The molecule has 0 bridgehead atoms. The molecule has 0 aliphatic heterocycles. The molecule has 0 amide bonds. The highest BCUT2D eigenvalue weighted by Gasteiger charge is 2.12. The van der Waals surface area contributed by atoms with E-state index in [0.29, 0.717) is 12.0 Å². The van der Waals surface area contributed by atoms with Gasteiger partial charge < -0.3 is 4.57 Å². The molecule has 1 unspecified atom stereocenters. The van der Waals surface area contributed by atoms with Crippen molar-refractivity contribution in [2.45, 2.75) is 58.9 Å². The van der Waals surface area contributed by atoms with Gasteiger partial charge in [-0.1, -0.05) is 40.2 Å². The summed E-state index contributed by atoms with van der Waals surface area (Å²) in [5.41, 5.74) is 3.78. The quantitative estimate of drug-likeness (QED) is 0.730. The fraction of sp³-hybridized carbons (Fsp3) is 0.562. The Kier molecular flexibility index (Phi) is 4.05. The van der Waals surface area contributed by atoms with Gasteiger partial charge in [0.15, 0.2) is 0 Å². The molecule has 0 N–H and O–H groups in total. The third-order valence-corrected chi connectivity index (χ3v) is 3.75. The van der Waals surface area contributed by atoms with E-state index in [4.69, 9.17) is 0 Å². The molecule has 0 fully saturated rings. The van der Waals surface area contributed by atoms with Gasteiger partial charge >= 0.3 is 0 Å². The summed E-state index contributed by atoms with van der Waals surface area (Å²) in [7, 11) is 0. The lowest BCUT2D eigenvalue weighted by atomic mass is 10.0. The molecule has 1 aromatic carbocycles. The van der Waals surface area contributed by atoms with Crippen LogP contribution in [0.3, 0.4) is 0 Å². The van der Waals surface area contributed by atoms with Gasteiger partial charge in [-0.05, 0) is 36.5 Å². The summed E-state index contributed by atoms with van der Waals surface area (Å²) < 4.78 is 2.35. The normalized spacial score (nSPS) is 13.4. The zero-order valence-electron chi connectivity index (χ0n) is 12.0. The number of aromatic nitrogens is 2. The SMILES string of the molecule is CCCC(CC)n1cnc2cc(C(C)C)ccc21. The topological polar surface area (TPSA) is 17.8 Å². The van der Waals surface area contributed by atoms with Gasteiger partial charge in [-0.3, -0.25) is 0 Å². The molecular weight excluding hydrogens is 220 g/mol. The third kappa shape index (κ3) is 2.43. The molecule has 0 saturated heterocycles. The van der Waals surface area contributed by atoms with Crippen LogP contribution in [0.4, 0.5) is 0 Å². The van der Waals surface area contributed by atoms with Crippen LogP contribution in [0, 0.1) is 0 Å². The molecule has 0 saturated carbocycles. The number of hydrogen-bond acceptors (Lipinski definition) is 1. The van der Waals surface area contributed by atoms with E-state index >= 15 is 0 Å². The molecule has 0 spiro atoms. The van der Waals surface area contributed by atoms with E-state index in [9.17, 15) is 0 Å². The van der Waals surface area contributed by atoms with Crippen molar-refractivity contribution >= 4 is 11.0 Å². The molecule has 98 valence electrons. The lowest BCUT2D eigenvalue weighted by Gasteiger charge is -2.17. The minimum Gasteiger partial charge on any atom is -0.327 e. The average Bonchev–Trinajstić information content (AvgIpc) is 2.78. The Bertz CT molecular complexity index is 511. The van der Waals surface area contributed by atoms with Crippen LogP contribution >= 0.6 is 0 Å². The second-order valence-corrected chi connectivity index (χ2v) is 5.41. The van der Waals surface area contributed by atoms with E-state index in [0.717, 1.165) is 5.52 Å². The van der Waals surface area contributed by atoms with E-state index in [1.54, 1.807) is 0 Å². The molecule has 0 aliphatic rings. The second-order valence-electron chi connectivity index (χ2n) is 5.41. The molecule has 2 aromatic rings. The fourth-order valence-corrected chi connectivity index (χ4v) is 2.57. The first kappa shape index (κ1) is 13.1. The Hall–Kier alpha value is -1.31. The first-order valence-corrected chi connectivity index (χ1v) is 7.13. The maximum absolute atomic E-state index is 4.58. The Balaban J connectivity index is 2.42. The van der Waals surface area contributed by atoms with Crippen LogP contribution in [-0.4, -0.2) is 9.55 Å². The standard InChI is InChI=1S/C16H24N2/c1-5-7-14(6-2)18-11-17-15-10-13(12(3)4)8-9-16(15)18/h8-12,14H,5-7H2,1-4H3. The second kappa shape index (κ2) is 5.55. The summed E-state index contributed by atoms with van der Waals surface area (Å²) in [6, 6.07) is 7.29. The van der Waals surface area contributed by atoms with Gasteiger partial charge in [0.1, 0.15) is 0 Å². The number of fused-ring (bicyclic) bond motifs is 1. The van der Waals surface area contributed by atoms with Crippen LogP contribution < -0.4 is 0 Å². The Labute approximate surface area is 110 Å². The molecule has 2 heteroatoms. The van der Waals surface area contributed by atoms with Gasteiger partial charge in [0.05, 0.1) is 17.4 Å². The smallest absolute Gasteiger partial charge is 0.0960 e. The van der Waals surface area contributed by atoms with Crippen molar-refractivity contribution in [1.29, 1.82) is 0 Å². The monoisotopic (exact) mass is 244 g/mol. The van der Waals surface area contributed by atoms with Crippen molar-refractivity contribution < 1.29 is 0 Å². The van der Waals surface area contributed by atoms with Crippen molar-refractivity contribution in [3.63, 3.8) is 0 Å². The molecule has 0 radical (unpaired) electrons. The first-order chi connectivity index (χ1) is 8.67. The van der Waals surface area contributed by atoms with Crippen LogP contribution in [-0.2, 0) is 0 Å². The van der Waals surface area contributed by atoms with E-state index in [2.05, 4.69) is 55.4 Å². The van der Waals surface area contributed by atoms with Gasteiger partial charge in [0.2, 0.25) is 0 Å². The maximum Gasteiger partial charge on any atom is 0.0960 e. The van der Waals surface area contributed by atoms with Gasteiger partial charge in [-0.15, -0.1) is 0 Å². The van der Waals surface area contributed by atoms with Crippen LogP contribution in [0.25, 0.3) is 11.0 Å². The zero-order valence-corrected chi connectivity index (χ0v) is 12.0. The Morgan fingerprint density at radius 1 is 1.22 bits per heavy atom. The van der Waals surface area contributed by atoms with Crippen LogP contribution in [0.5, 0.6) is 0 Å². The van der Waals surface area contributed by atoms with Crippen molar-refractivity contribution in [3.05, 3.63) is 30.1 Å². The van der Waals surface area contributed by atoms with Crippen molar-refractivity contribution in [1.82, 2.24) is 9.55 Å². The number of hydrogen-bond donors (Lipinski definition) is 0. The number of nitrogens with zero attached hydrogens (tertiary/aromatic N) is 2. The average molecular weight is 244 g/mol.